The number of hydrogen-bond acceptors (Lipinski definition) is 6. The Morgan fingerprint density at radius 3 is 2.67 bits per heavy atom. The maximum Gasteiger partial charge on any atom is 0.350 e. The molecule has 0 atom stereocenters. The molecule has 0 spiro atoms. The summed E-state index contributed by atoms with van der Waals surface area (Å²) in [5.41, 5.74) is 6.93. The Hall–Kier alpha value is -2.06. The molecule has 0 saturated carbocycles. The number of ether oxygens (including phenoxy) is 1. The van der Waals surface area contributed by atoms with Crippen molar-refractivity contribution in [2.45, 2.75) is 11.8 Å². The summed E-state index contributed by atoms with van der Waals surface area (Å²) in [6, 6.07) is 6.15. The first-order valence-corrected chi connectivity index (χ1v) is 8.26. The van der Waals surface area contributed by atoms with Crippen LogP contribution in [0.4, 0.5) is 11.4 Å². The highest BCUT2D eigenvalue weighted by Gasteiger charge is 2.22. The maximum absolute atomic E-state index is 12.4. The predicted molar refractivity (Wildman–Crippen MR) is 82.1 cm³/mol. The van der Waals surface area contributed by atoms with E-state index in [2.05, 4.69) is 9.46 Å². The van der Waals surface area contributed by atoms with Crippen LogP contribution in [0.5, 0.6) is 0 Å². The fraction of sp³-hybridized carbons (Fsp3) is 0.154. The van der Waals surface area contributed by atoms with Gasteiger partial charge in [0.2, 0.25) is 0 Å². The highest BCUT2D eigenvalue weighted by atomic mass is 32.2. The summed E-state index contributed by atoms with van der Waals surface area (Å²) < 4.78 is 31.7. The summed E-state index contributed by atoms with van der Waals surface area (Å²) in [6.07, 6.45) is 0. The molecular formula is C13H14N2O4S2. The van der Waals surface area contributed by atoms with Crippen LogP contribution in [0.2, 0.25) is 0 Å². The summed E-state index contributed by atoms with van der Waals surface area (Å²) in [7, 11) is -2.64. The lowest BCUT2D eigenvalue weighted by Gasteiger charge is -2.10. The third kappa shape index (κ3) is 3.17. The molecule has 112 valence electrons. The molecule has 0 radical (unpaired) electrons. The first-order chi connectivity index (χ1) is 9.85. The van der Waals surface area contributed by atoms with E-state index in [0.29, 0.717) is 0 Å². The fourth-order valence-electron chi connectivity index (χ4n) is 1.75. The fourth-order valence-corrected chi connectivity index (χ4v) is 3.77. The van der Waals surface area contributed by atoms with Crippen molar-refractivity contribution >= 4 is 38.7 Å². The topological polar surface area (TPSA) is 98.5 Å². The molecule has 0 fully saturated rings. The zero-order chi connectivity index (χ0) is 15.6. The van der Waals surface area contributed by atoms with Crippen molar-refractivity contribution in [3.05, 3.63) is 40.1 Å². The van der Waals surface area contributed by atoms with Gasteiger partial charge >= 0.3 is 5.97 Å². The Balaban J connectivity index is 2.38. The van der Waals surface area contributed by atoms with Gasteiger partial charge < -0.3 is 10.5 Å². The van der Waals surface area contributed by atoms with Gasteiger partial charge in [0, 0.05) is 0 Å². The molecule has 2 rings (SSSR count). The molecular weight excluding hydrogens is 312 g/mol. The van der Waals surface area contributed by atoms with Crippen LogP contribution < -0.4 is 10.5 Å². The van der Waals surface area contributed by atoms with Crippen molar-refractivity contribution in [2.75, 3.05) is 17.6 Å². The first kappa shape index (κ1) is 15.3. The van der Waals surface area contributed by atoms with Crippen molar-refractivity contribution in [2.24, 2.45) is 0 Å². The molecule has 1 heterocycles. The molecule has 0 saturated heterocycles. The zero-order valence-electron chi connectivity index (χ0n) is 11.4. The number of methoxy groups -OCH3 is 1. The quantitative estimate of drug-likeness (QED) is 0.663. The van der Waals surface area contributed by atoms with E-state index < -0.39 is 16.0 Å². The van der Waals surface area contributed by atoms with E-state index in [9.17, 15) is 13.2 Å². The molecule has 0 aliphatic carbocycles. The van der Waals surface area contributed by atoms with Gasteiger partial charge in [-0.3, -0.25) is 4.72 Å². The minimum atomic E-state index is -3.87. The molecule has 21 heavy (non-hydrogen) atoms. The number of aryl methyl sites for hydroxylation is 1. The molecule has 0 amide bonds. The van der Waals surface area contributed by atoms with E-state index in [1.165, 1.54) is 19.2 Å². The van der Waals surface area contributed by atoms with Gasteiger partial charge in [0.1, 0.15) is 9.77 Å². The van der Waals surface area contributed by atoms with Crippen LogP contribution in [0, 0.1) is 6.92 Å². The Bertz CT molecular complexity index is 781. The average molecular weight is 326 g/mol. The Morgan fingerprint density at radius 1 is 1.33 bits per heavy atom. The number of hydrogen-bond donors (Lipinski definition) is 2. The highest BCUT2D eigenvalue weighted by molar-refractivity contribution is 7.93. The third-order valence-electron chi connectivity index (χ3n) is 2.74. The zero-order valence-corrected chi connectivity index (χ0v) is 13.0. The van der Waals surface area contributed by atoms with E-state index in [0.717, 1.165) is 16.9 Å². The van der Waals surface area contributed by atoms with Gasteiger partial charge in [-0.1, -0.05) is 6.07 Å². The Kier molecular flexibility index (Phi) is 4.19. The molecule has 3 N–H and O–H groups in total. The lowest BCUT2D eigenvalue weighted by molar-refractivity contribution is 0.0607. The molecule has 0 unspecified atom stereocenters. The van der Waals surface area contributed by atoms with Crippen molar-refractivity contribution < 1.29 is 17.9 Å². The molecule has 0 bridgehead atoms. The van der Waals surface area contributed by atoms with Crippen LogP contribution in [0.1, 0.15) is 15.2 Å². The number of rotatable bonds is 4. The van der Waals surface area contributed by atoms with Crippen LogP contribution in [0.3, 0.4) is 0 Å². The summed E-state index contributed by atoms with van der Waals surface area (Å²) >= 11 is 1.09. The normalized spacial score (nSPS) is 11.1. The molecule has 2 aromatic rings. The summed E-state index contributed by atoms with van der Waals surface area (Å²) in [6.45, 7) is 1.81. The van der Waals surface area contributed by atoms with Crippen molar-refractivity contribution in [1.82, 2.24) is 0 Å². The summed E-state index contributed by atoms with van der Waals surface area (Å²) in [4.78, 5) is 11.7. The molecule has 6 nitrogen and oxygen atoms in total. The smallest absolute Gasteiger partial charge is 0.350 e. The van der Waals surface area contributed by atoms with Crippen LogP contribution in [0.15, 0.2) is 34.5 Å². The van der Waals surface area contributed by atoms with Gasteiger partial charge in [0.15, 0.2) is 0 Å². The van der Waals surface area contributed by atoms with Crippen LogP contribution in [0.25, 0.3) is 0 Å². The average Bonchev–Trinajstić information content (AvgIpc) is 2.84. The second-order valence-corrected chi connectivity index (χ2v) is 6.87. The minimum Gasteiger partial charge on any atom is -0.465 e. The number of nitrogen functional groups attached to an aromatic ring is 1. The molecule has 0 aliphatic heterocycles. The van der Waals surface area contributed by atoms with Gasteiger partial charge in [-0.2, -0.15) is 0 Å². The standard InChI is InChI=1S/C13H14N2O4S2/c1-8-3-4-11(9(14)7-8)21(17,18)15-10-5-6-20-12(10)13(16)19-2/h3-7,15H,14H2,1-2H3. The number of esters is 1. The number of sulfonamides is 1. The lowest BCUT2D eigenvalue weighted by atomic mass is 10.2. The van der Waals surface area contributed by atoms with E-state index in [1.807, 2.05) is 6.92 Å². The second-order valence-electron chi connectivity index (χ2n) is 4.30. The molecule has 8 heteroatoms. The molecule has 1 aromatic carbocycles. The van der Waals surface area contributed by atoms with E-state index >= 15 is 0 Å². The van der Waals surface area contributed by atoms with Gasteiger partial charge in [0.05, 0.1) is 18.5 Å². The summed E-state index contributed by atoms with van der Waals surface area (Å²) in [5.74, 6) is -0.598. The van der Waals surface area contributed by atoms with Gasteiger partial charge in [-0.25, -0.2) is 13.2 Å². The van der Waals surface area contributed by atoms with Crippen molar-refractivity contribution in [3.8, 4) is 0 Å². The van der Waals surface area contributed by atoms with E-state index in [1.54, 1.807) is 17.5 Å². The summed E-state index contributed by atoms with van der Waals surface area (Å²) in [5, 5.41) is 1.60. The number of carbonyl (C=O) groups excluding carboxylic acids is 1. The van der Waals surface area contributed by atoms with Gasteiger partial charge in [-0.15, -0.1) is 11.3 Å². The van der Waals surface area contributed by atoms with Crippen molar-refractivity contribution in [3.63, 3.8) is 0 Å². The van der Waals surface area contributed by atoms with E-state index in [-0.39, 0.29) is 21.1 Å². The number of nitrogens with two attached hydrogens (primary N) is 1. The van der Waals surface area contributed by atoms with Gasteiger partial charge in [0.25, 0.3) is 10.0 Å². The number of nitrogens with one attached hydrogen (secondary N) is 1. The molecule has 0 aliphatic rings. The first-order valence-electron chi connectivity index (χ1n) is 5.90. The number of benzene rings is 1. The largest absolute Gasteiger partial charge is 0.465 e. The monoisotopic (exact) mass is 326 g/mol. The highest BCUT2D eigenvalue weighted by Crippen LogP contribution is 2.27. The van der Waals surface area contributed by atoms with E-state index in [4.69, 9.17) is 5.73 Å². The second kappa shape index (κ2) is 5.74. The Labute approximate surface area is 126 Å². The van der Waals surface area contributed by atoms with Crippen molar-refractivity contribution in [1.29, 1.82) is 0 Å². The number of anilines is 2. The number of thiophene rings is 1. The third-order valence-corrected chi connectivity index (χ3v) is 5.07. The molecule has 1 aromatic heterocycles. The van der Waals surface area contributed by atoms with Crippen LogP contribution in [-0.2, 0) is 14.8 Å². The Morgan fingerprint density at radius 2 is 2.05 bits per heavy atom. The van der Waals surface area contributed by atoms with Crippen LogP contribution >= 0.6 is 11.3 Å². The number of carbonyl (C=O) groups is 1. The minimum absolute atomic E-state index is 0.0323. The van der Waals surface area contributed by atoms with Gasteiger partial charge in [-0.05, 0) is 36.1 Å². The SMILES string of the molecule is COC(=O)c1sccc1NS(=O)(=O)c1ccc(C)cc1N. The maximum atomic E-state index is 12.4. The predicted octanol–water partition coefficient (Wildman–Crippen LogP) is 2.23. The van der Waals surface area contributed by atoms with Crippen LogP contribution in [-0.4, -0.2) is 21.5 Å². The lowest BCUT2D eigenvalue weighted by Crippen LogP contribution is -2.16.